The van der Waals surface area contributed by atoms with E-state index in [1.54, 1.807) is 18.2 Å². The van der Waals surface area contributed by atoms with E-state index in [9.17, 15) is 4.39 Å². The van der Waals surface area contributed by atoms with Crippen molar-refractivity contribution >= 4 is 23.2 Å². The molecule has 0 heterocycles. The van der Waals surface area contributed by atoms with Crippen molar-refractivity contribution in [2.24, 2.45) is 5.41 Å². The van der Waals surface area contributed by atoms with E-state index >= 15 is 0 Å². The third-order valence-electron chi connectivity index (χ3n) is 2.82. The fraction of sp³-hybridized carbons (Fsp3) is 0.538. The van der Waals surface area contributed by atoms with Crippen molar-refractivity contribution in [1.82, 2.24) is 0 Å². The Kier molecular flexibility index (Phi) is 5.07. The normalized spacial score (nSPS) is 14.8. The SMILES string of the molecule is CCCC(C)(CCl)Cc1cccc(Cl)c1F. The van der Waals surface area contributed by atoms with Crippen LogP contribution in [0.3, 0.4) is 0 Å². The van der Waals surface area contributed by atoms with Gasteiger partial charge in [-0.1, -0.05) is 44.0 Å². The highest BCUT2D eigenvalue weighted by Crippen LogP contribution is 2.31. The molecule has 0 radical (unpaired) electrons. The van der Waals surface area contributed by atoms with Crippen LogP contribution in [0.25, 0.3) is 0 Å². The summed E-state index contributed by atoms with van der Waals surface area (Å²) in [6.07, 6.45) is 2.67. The number of halogens is 3. The molecule has 0 nitrogen and oxygen atoms in total. The van der Waals surface area contributed by atoms with Gasteiger partial charge in [0.15, 0.2) is 0 Å². The quantitative estimate of drug-likeness (QED) is 0.651. The smallest absolute Gasteiger partial charge is 0.144 e. The van der Waals surface area contributed by atoms with E-state index in [1.165, 1.54) is 0 Å². The van der Waals surface area contributed by atoms with Gasteiger partial charge in [0.2, 0.25) is 0 Å². The Morgan fingerprint density at radius 3 is 2.62 bits per heavy atom. The first-order valence-electron chi connectivity index (χ1n) is 5.51. The van der Waals surface area contributed by atoms with Crippen LogP contribution in [-0.2, 0) is 6.42 Å². The average molecular weight is 263 g/mol. The maximum absolute atomic E-state index is 13.7. The summed E-state index contributed by atoms with van der Waals surface area (Å²) in [7, 11) is 0. The van der Waals surface area contributed by atoms with E-state index in [1.807, 2.05) is 0 Å². The van der Waals surface area contributed by atoms with Gasteiger partial charge in [0.25, 0.3) is 0 Å². The van der Waals surface area contributed by atoms with E-state index in [2.05, 4.69) is 13.8 Å². The third-order valence-corrected chi connectivity index (χ3v) is 3.76. The monoisotopic (exact) mass is 262 g/mol. The molecule has 0 N–H and O–H groups in total. The molecule has 0 aliphatic heterocycles. The molecule has 1 aromatic rings. The lowest BCUT2D eigenvalue weighted by atomic mass is 9.81. The summed E-state index contributed by atoms with van der Waals surface area (Å²) in [5, 5.41) is 0.186. The molecule has 1 aromatic carbocycles. The molecule has 0 saturated heterocycles. The molecular weight excluding hydrogens is 246 g/mol. The van der Waals surface area contributed by atoms with Gasteiger partial charge in [-0.05, 0) is 29.9 Å². The van der Waals surface area contributed by atoms with Crippen molar-refractivity contribution in [2.75, 3.05) is 5.88 Å². The van der Waals surface area contributed by atoms with Crippen molar-refractivity contribution in [3.05, 3.63) is 34.6 Å². The Bertz CT molecular complexity index is 352. The van der Waals surface area contributed by atoms with Gasteiger partial charge in [0.05, 0.1) is 5.02 Å². The maximum atomic E-state index is 13.7. The maximum Gasteiger partial charge on any atom is 0.144 e. The fourth-order valence-corrected chi connectivity index (χ4v) is 2.37. The lowest BCUT2D eigenvalue weighted by Crippen LogP contribution is -2.22. The average Bonchev–Trinajstić information content (AvgIpc) is 2.25. The van der Waals surface area contributed by atoms with Crippen LogP contribution >= 0.6 is 23.2 Å². The van der Waals surface area contributed by atoms with Crippen LogP contribution in [0.15, 0.2) is 18.2 Å². The lowest BCUT2D eigenvalue weighted by molar-refractivity contribution is 0.330. The van der Waals surface area contributed by atoms with Gasteiger partial charge in [-0.15, -0.1) is 11.6 Å². The highest BCUT2D eigenvalue weighted by atomic mass is 35.5. The standard InChI is InChI=1S/C13H17Cl2F/c1-3-7-13(2,9-14)8-10-5-4-6-11(15)12(10)16/h4-6H,3,7-9H2,1-2H3. The number of benzene rings is 1. The van der Waals surface area contributed by atoms with Gasteiger partial charge in [-0.3, -0.25) is 0 Å². The molecule has 0 spiro atoms. The molecule has 0 aliphatic rings. The molecule has 0 aromatic heterocycles. The highest BCUT2D eigenvalue weighted by molar-refractivity contribution is 6.30. The zero-order chi connectivity index (χ0) is 12.2. The number of alkyl halides is 1. The second-order valence-electron chi connectivity index (χ2n) is 4.58. The summed E-state index contributed by atoms with van der Waals surface area (Å²) in [5.74, 6) is 0.226. The molecule has 0 saturated carbocycles. The molecule has 0 bridgehead atoms. The molecule has 16 heavy (non-hydrogen) atoms. The number of rotatable bonds is 5. The first-order chi connectivity index (χ1) is 7.52. The van der Waals surface area contributed by atoms with E-state index in [0.29, 0.717) is 17.9 Å². The third kappa shape index (κ3) is 3.36. The van der Waals surface area contributed by atoms with Crippen molar-refractivity contribution in [1.29, 1.82) is 0 Å². The zero-order valence-electron chi connectivity index (χ0n) is 9.69. The summed E-state index contributed by atoms with van der Waals surface area (Å²) >= 11 is 11.7. The summed E-state index contributed by atoms with van der Waals surface area (Å²) in [4.78, 5) is 0. The molecule has 1 unspecified atom stereocenters. The fourth-order valence-electron chi connectivity index (χ4n) is 1.95. The zero-order valence-corrected chi connectivity index (χ0v) is 11.2. The van der Waals surface area contributed by atoms with E-state index in [4.69, 9.17) is 23.2 Å². The Balaban J connectivity index is 2.90. The first-order valence-corrected chi connectivity index (χ1v) is 6.42. The largest absolute Gasteiger partial charge is 0.205 e. The predicted octanol–water partition coefficient (Wildman–Crippen LogP) is 5.07. The van der Waals surface area contributed by atoms with Crippen LogP contribution in [0, 0.1) is 11.2 Å². The minimum Gasteiger partial charge on any atom is -0.205 e. The minimum atomic E-state index is -0.309. The summed E-state index contributed by atoms with van der Waals surface area (Å²) in [6, 6.07) is 5.13. The highest BCUT2D eigenvalue weighted by Gasteiger charge is 2.24. The van der Waals surface area contributed by atoms with Crippen LogP contribution in [-0.4, -0.2) is 5.88 Å². The summed E-state index contributed by atoms with van der Waals surface area (Å²) < 4.78 is 13.7. The van der Waals surface area contributed by atoms with Gasteiger partial charge in [0.1, 0.15) is 5.82 Å². The molecule has 0 fully saturated rings. The van der Waals surface area contributed by atoms with Gasteiger partial charge in [0, 0.05) is 5.88 Å². The van der Waals surface area contributed by atoms with E-state index in [0.717, 1.165) is 12.8 Å². The van der Waals surface area contributed by atoms with E-state index < -0.39 is 0 Å². The second-order valence-corrected chi connectivity index (χ2v) is 5.26. The molecule has 90 valence electrons. The number of hydrogen-bond donors (Lipinski definition) is 0. The van der Waals surface area contributed by atoms with Crippen molar-refractivity contribution < 1.29 is 4.39 Å². The predicted molar refractivity (Wildman–Crippen MR) is 68.8 cm³/mol. The Labute approximate surface area is 107 Å². The van der Waals surface area contributed by atoms with Crippen LogP contribution in [0.2, 0.25) is 5.02 Å². The van der Waals surface area contributed by atoms with Crippen molar-refractivity contribution in [3.63, 3.8) is 0 Å². The molecular formula is C13H17Cl2F. The first kappa shape index (κ1) is 13.8. The molecule has 0 amide bonds. The molecule has 1 rings (SSSR count). The van der Waals surface area contributed by atoms with Crippen molar-refractivity contribution in [2.45, 2.75) is 33.1 Å². The summed E-state index contributed by atoms with van der Waals surface area (Å²) in [5.41, 5.74) is 0.603. The Hall–Kier alpha value is -0.270. The van der Waals surface area contributed by atoms with Crippen LogP contribution in [0.4, 0.5) is 4.39 Å². The molecule has 0 aliphatic carbocycles. The molecule has 1 atom stereocenters. The van der Waals surface area contributed by atoms with Gasteiger partial charge in [-0.2, -0.15) is 0 Å². The van der Waals surface area contributed by atoms with Gasteiger partial charge in [-0.25, -0.2) is 4.39 Å². The topological polar surface area (TPSA) is 0 Å². The number of hydrogen-bond acceptors (Lipinski definition) is 0. The van der Waals surface area contributed by atoms with Gasteiger partial charge < -0.3 is 0 Å². The van der Waals surface area contributed by atoms with Crippen LogP contribution in [0.1, 0.15) is 32.3 Å². The van der Waals surface area contributed by atoms with Gasteiger partial charge >= 0.3 is 0 Å². The van der Waals surface area contributed by atoms with Crippen molar-refractivity contribution in [3.8, 4) is 0 Å². The molecule has 3 heteroatoms. The van der Waals surface area contributed by atoms with Crippen LogP contribution < -0.4 is 0 Å². The second kappa shape index (κ2) is 5.88. The summed E-state index contributed by atoms with van der Waals surface area (Å²) in [6.45, 7) is 4.20. The Morgan fingerprint density at radius 2 is 2.06 bits per heavy atom. The van der Waals surface area contributed by atoms with Crippen LogP contribution in [0.5, 0.6) is 0 Å². The lowest BCUT2D eigenvalue weighted by Gasteiger charge is -2.27. The Morgan fingerprint density at radius 1 is 1.38 bits per heavy atom. The van der Waals surface area contributed by atoms with E-state index in [-0.39, 0.29) is 16.3 Å². The minimum absolute atomic E-state index is 0.0537.